The maximum absolute atomic E-state index is 15.2. The van der Waals surface area contributed by atoms with Crippen LogP contribution in [0.25, 0.3) is 17.0 Å². The quantitative estimate of drug-likeness (QED) is 0.181. The van der Waals surface area contributed by atoms with Gasteiger partial charge in [-0.15, -0.1) is 0 Å². The van der Waals surface area contributed by atoms with Crippen LogP contribution in [0.2, 0.25) is 0 Å². The molecule has 5 rings (SSSR count). The minimum atomic E-state index is -5.07. The molecule has 0 saturated carbocycles. The summed E-state index contributed by atoms with van der Waals surface area (Å²) in [5.74, 6) is -1.27. The van der Waals surface area contributed by atoms with Crippen LogP contribution in [0.3, 0.4) is 0 Å². The second kappa shape index (κ2) is 13.0. The van der Waals surface area contributed by atoms with Crippen LogP contribution in [0.4, 0.5) is 35.5 Å². The van der Waals surface area contributed by atoms with Gasteiger partial charge in [-0.3, -0.25) is 4.90 Å². The van der Waals surface area contributed by atoms with E-state index < -0.39 is 59.1 Å². The number of halogens is 7. The lowest BCUT2D eigenvalue weighted by molar-refractivity contribution is -0.143. The first-order valence-electron chi connectivity index (χ1n) is 15.1. The van der Waals surface area contributed by atoms with Crippen molar-refractivity contribution in [3.8, 4) is 17.1 Å². The predicted molar refractivity (Wildman–Crippen MR) is 162 cm³/mol. The number of hydrogen-bond donors (Lipinski definition) is 0. The van der Waals surface area contributed by atoms with Gasteiger partial charge in [0.1, 0.15) is 17.6 Å². The topological polar surface area (TPSA) is 90.9 Å². The number of allylic oxidation sites excluding steroid dienone is 1. The summed E-state index contributed by atoms with van der Waals surface area (Å²) in [5, 5.41) is 0. The lowest BCUT2D eigenvalue weighted by Crippen LogP contribution is -2.35. The van der Waals surface area contributed by atoms with E-state index in [0.717, 1.165) is 6.07 Å². The molecule has 0 spiro atoms. The Labute approximate surface area is 276 Å². The second-order valence-electron chi connectivity index (χ2n) is 12.7. The summed E-state index contributed by atoms with van der Waals surface area (Å²) in [5.41, 5.74) is -2.06. The van der Waals surface area contributed by atoms with Crippen LogP contribution in [0.15, 0.2) is 48.2 Å². The highest BCUT2D eigenvalue weighted by atomic mass is 19.4. The van der Waals surface area contributed by atoms with E-state index in [1.54, 1.807) is 0 Å². The van der Waals surface area contributed by atoms with E-state index in [0.29, 0.717) is 48.2 Å². The number of benzene rings is 2. The molecule has 1 aliphatic heterocycles. The van der Waals surface area contributed by atoms with Crippen LogP contribution in [0.1, 0.15) is 78.9 Å². The molecule has 1 fully saturated rings. The number of rotatable bonds is 7. The molecule has 0 N–H and O–H groups in total. The first kappa shape index (κ1) is 35.6. The standard InChI is InChI=1S/C34H32F7N3O5/c1-17-28(19-10-21(33(36,37)38)13-22(11-19)34(39,40)41)49-31(46)44(17)16-20-14-32(2,3)9-8-23(20)27-26(47-4)15-42-29(43-27)24-7-6-18(12-25(24)35)30(45)48-5/h6-7,10-13,15,17,28H,8-9,14,16H2,1-5H3/t17-,28-/m0/s1. The average molecular weight is 696 g/mol. The molecule has 2 aliphatic rings. The highest BCUT2D eigenvalue weighted by Gasteiger charge is 2.44. The van der Waals surface area contributed by atoms with Crippen LogP contribution in [0.5, 0.6) is 5.75 Å². The van der Waals surface area contributed by atoms with Gasteiger partial charge in [-0.25, -0.2) is 23.9 Å². The average Bonchev–Trinajstić information content (AvgIpc) is 3.31. The van der Waals surface area contributed by atoms with E-state index in [4.69, 9.17) is 9.47 Å². The molecule has 3 aromatic rings. The molecule has 2 atom stereocenters. The number of hydrogen-bond acceptors (Lipinski definition) is 7. The number of amides is 1. The molecule has 2 aromatic carbocycles. The van der Waals surface area contributed by atoms with E-state index in [9.17, 15) is 35.9 Å². The maximum atomic E-state index is 15.2. The Kier molecular flexibility index (Phi) is 9.43. The SMILES string of the molecule is COC(=O)c1ccc(-c2ncc(OC)c(C3=C(CN4C(=O)O[C@H](c5cc(C(F)(F)F)cc(C(F)(F)F)c5)[C@@H]4C)CC(C)(C)CC3)n2)c(F)c1. The summed E-state index contributed by atoms with van der Waals surface area (Å²) in [6, 6.07) is 3.89. The summed E-state index contributed by atoms with van der Waals surface area (Å²) >= 11 is 0. The molecule has 1 aromatic heterocycles. The maximum Gasteiger partial charge on any atom is 0.416 e. The molecule has 2 heterocycles. The summed E-state index contributed by atoms with van der Waals surface area (Å²) < 4.78 is 112. The lowest BCUT2D eigenvalue weighted by atomic mass is 9.73. The van der Waals surface area contributed by atoms with Gasteiger partial charge >= 0.3 is 24.4 Å². The second-order valence-corrected chi connectivity index (χ2v) is 12.7. The van der Waals surface area contributed by atoms with Gasteiger partial charge in [0.15, 0.2) is 11.6 Å². The van der Waals surface area contributed by atoms with Crippen molar-refractivity contribution in [2.45, 2.75) is 64.5 Å². The van der Waals surface area contributed by atoms with E-state index >= 15 is 4.39 Å². The summed E-state index contributed by atoms with van der Waals surface area (Å²) in [4.78, 5) is 35.2. The fourth-order valence-electron chi connectivity index (χ4n) is 6.17. The molecular weight excluding hydrogens is 663 g/mol. The highest BCUT2D eigenvalue weighted by molar-refractivity contribution is 5.90. The van der Waals surface area contributed by atoms with Crippen LogP contribution in [-0.2, 0) is 21.8 Å². The molecular formula is C34H32F7N3O5. The largest absolute Gasteiger partial charge is 0.493 e. The number of esters is 1. The number of carbonyl (C=O) groups is 2. The normalized spacial score (nSPS) is 19.6. The molecule has 15 heteroatoms. The Balaban J connectivity index is 1.54. The Morgan fingerprint density at radius 1 is 1.04 bits per heavy atom. The van der Waals surface area contributed by atoms with Crippen molar-refractivity contribution in [1.82, 2.24) is 14.9 Å². The third-order valence-electron chi connectivity index (χ3n) is 8.75. The first-order chi connectivity index (χ1) is 22.8. The number of methoxy groups -OCH3 is 2. The van der Waals surface area contributed by atoms with Crippen LogP contribution in [0, 0.1) is 11.2 Å². The molecule has 0 bridgehead atoms. The van der Waals surface area contributed by atoms with Crippen molar-refractivity contribution >= 4 is 17.6 Å². The van der Waals surface area contributed by atoms with Gasteiger partial charge in [-0.05, 0) is 84.7 Å². The highest BCUT2D eigenvalue weighted by Crippen LogP contribution is 2.46. The van der Waals surface area contributed by atoms with Crippen molar-refractivity contribution in [3.05, 3.63) is 81.9 Å². The smallest absolute Gasteiger partial charge is 0.416 e. The number of carbonyl (C=O) groups excluding carboxylic acids is 2. The molecule has 0 unspecified atom stereocenters. The molecule has 262 valence electrons. The van der Waals surface area contributed by atoms with Gasteiger partial charge in [-0.1, -0.05) is 13.8 Å². The van der Waals surface area contributed by atoms with Crippen molar-refractivity contribution in [2.24, 2.45) is 5.41 Å². The van der Waals surface area contributed by atoms with E-state index in [-0.39, 0.29) is 40.7 Å². The third kappa shape index (κ3) is 7.35. The number of aromatic nitrogens is 2. The third-order valence-corrected chi connectivity index (χ3v) is 8.75. The van der Waals surface area contributed by atoms with Crippen molar-refractivity contribution in [1.29, 1.82) is 0 Å². The number of nitrogens with zero attached hydrogens (tertiary/aromatic N) is 3. The van der Waals surface area contributed by atoms with Crippen molar-refractivity contribution in [3.63, 3.8) is 0 Å². The van der Waals surface area contributed by atoms with Gasteiger partial charge in [0, 0.05) is 6.54 Å². The fraction of sp³-hybridized carbons (Fsp3) is 0.412. The molecule has 49 heavy (non-hydrogen) atoms. The monoisotopic (exact) mass is 695 g/mol. The van der Waals surface area contributed by atoms with Crippen LogP contribution in [-0.4, -0.2) is 53.7 Å². The van der Waals surface area contributed by atoms with Crippen molar-refractivity contribution in [2.75, 3.05) is 20.8 Å². The van der Waals surface area contributed by atoms with Gasteiger partial charge in [0.05, 0.1) is 48.7 Å². The summed E-state index contributed by atoms with van der Waals surface area (Å²) in [6.07, 6.45) is -9.55. The lowest BCUT2D eigenvalue weighted by Gasteiger charge is -2.35. The van der Waals surface area contributed by atoms with Gasteiger partial charge in [0.25, 0.3) is 0 Å². The van der Waals surface area contributed by atoms with Gasteiger partial charge in [-0.2, -0.15) is 26.3 Å². The van der Waals surface area contributed by atoms with Crippen LogP contribution < -0.4 is 4.74 Å². The van der Waals surface area contributed by atoms with E-state index in [2.05, 4.69) is 14.7 Å². The van der Waals surface area contributed by atoms with Crippen LogP contribution >= 0.6 is 0 Å². The Hall–Kier alpha value is -4.69. The van der Waals surface area contributed by atoms with Crippen molar-refractivity contribution < 1.29 is 54.5 Å². The summed E-state index contributed by atoms with van der Waals surface area (Å²) in [7, 11) is 2.57. The van der Waals surface area contributed by atoms with E-state index in [1.165, 1.54) is 44.4 Å². The van der Waals surface area contributed by atoms with Gasteiger partial charge in [0.2, 0.25) is 0 Å². The Bertz CT molecular complexity index is 1790. The molecule has 8 nitrogen and oxygen atoms in total. The Morgan fingerprint density at radius 3 is 2.27 bits per heavy atom. The number of cyclic esters (lactones) is 1. The fourth-order valence-corrected chi connectivity index (χ4v) is 6.17. The number of ether oxygens (including phenoxy) is 3. The first-order valence-corrected chi connectivity index (χ1v) is 15.1. The summed E-state index contributed by atoms with van der Waals surface area (Å²) in [6.45, 7) is 5.44. The molecule has 1 aliphatic carbocycles. The minimum absolute atomic E-state index is 0.00579. The number of alkyl halides is 6. The molecule has 0 radical (unpaired) electrons. The zero-order valence-corrected chi connectivity index (χ0v) is 27.1. The molecule has 1 amide bonds. The zero-order chi connectivity index (χ0) is 36.1. The minimum Gasteiger partial charge on any atom is -0.493 e. The van der Waals surface area contributed by atoms with Gasteiger partial charge < -0.3 is 14.2 Å². The molecule has 1 saturated heterocycles. The Morgan fingerprint density at radius 2 is 1.69 bits per heavy atom. The predicted octanol–water partition coefficient (Wildman–Crippen LogP) is 8.66. The van der Waals surface area contributed by atoms with E-state index in [1.807, 2.05) is 13.8 Å². The zero-order valence-electron chi connectivity index (χ0n) is 27.1.